The van der Waals surface area contributed by atoms with Crippen molar-refractivity contribution in [2.24, 2.45) is 0 Å². The number of amides is 2. The van der Waals surface area contributed by atoms with E-state index in [1.807, 2.05) is 6.20 Å². The van der Waals surface area contributed by atoms with Crippen LogP contribution in [-0.2, 0) is 16.1 Å². The average Bonchev–Trinajstić information content (AvgIpc) is 3.70. The Hall–Kier alpha value is -3.70. The van der Waals surface area contributed by atoms with Gasteiger partial charge in [-0.3, -0.25) is 14.6 Å². The Morgan fingerprint density at radius 1 is 1.16 bits per heavy atom. The highest BCUT2D eigenvalue weighted by Crippen LogP contribution is 2.34. The lowest BCUT2D eigenvalue weighted by atomic mass is 10.1. The first kappa shape index (κ1) is 31.7. The van der Waals surface area contributed by atoms with Gasteiger partial charge >= 0.3 is 6.09 Å². The van der Waals surface area contributed by atoms with Crippen LogP contribution < -0.4 is 4.74 Å². The van der Waals surface area contributed by atoms with Gasteiger partial charge in [-0.15, -0.1) is 5.10 Å². The highest BCUT2D eigenvalue weighted by molar-refractivity contribution is 6.31. The molecule has 3 atom stereocenters. The highest BCUT2D eigenvalue weighted by Gasteiger charge is 2.44. The van der Waals surface area contributed by atoms with Gasteiger partial charge in [-0.05, 0) is 95.6 Å². The molecule has 2 aliphatic rings. The molecule has 12 heteroatoms. The number of carbonyl (C=O) groups excluding carboxylic acids is 2. The molecule has 10 nitrogen and oxygen atoms in total. The summed E-state index contributed by atoms with van der Waals surface area (Å²) in [4.78, 5) is 32.5. The van der Waals surface area contributed by atoms with Crippen LogP contribution in [-0.4, -0.2) is 80.5 Å². The van der Waals surface area contributed by atoms with Crippen LogP contribution in [0.5, 0.6) is 11.5 Å². The van der Waals surface area contributed by atoms with Gasteiger partial charge in [0.1, 0.15) is 29.0 Å². The maximum atomic E-state index is 13.9. The maximum absolute atomic E-state index is 13.9. The summed E-state index contributed by atoms with van der Waals surface area (Å²) < 4.78 is 27.0. The van der Waals surface area contributed by atoms with Crippen molar-refractivity contribution in [3.05, 3.63) is 70.3 Å². The molecule has 0 radical (unpaired) electrons. The lowest BCUT2D eigenvalue weighted by Gasteiger charge is -2.30. The Morgan fingerprint density at radius 2 is 1.89 bits per heavy atom. The van der Waals surface area contributed by atoms with E-state index < -0.39 is 17.7 Å². The maximum Gasteiger partial charge on any atom is 0.411 e. The van der Waals surface area contributed by atoms with Crippen LogP contribution in [0.4, 0.5) is 9.18 Å². The average molecular weight is 627 g/mol. The smallest absolute Gasteiger partial charge is 0.411 e. The van der Waals surface area contributed by atoms with Crippen LogP contribution in [0, 0.1) is 12.7 Å². The second-order valence-corrected chi connectivity index (χ2v) is 13.2. The van der Waals surface area contributed by atoms with Crippen molar-refractivity contribution in [2.45, 2.75) is 77.2 Å². The van der Waals surface area contributed by atoms with Crippen molar-refractivity contribution >= 4 is 23.6 Å². The van der Waals surface area contributed by atoms with Crippen molar-refractivity contribution in [1.29, 1.82) is 0 Å². The number of carbonyl (C=O) groups is 2. The molecule has 2 aromatic carbocycles. The number of aromatic nitrogens is 3. The largest absolute Gasteiger partial charge is 0.457 e. The van der Waals surface area contributed by atoms with Gasteiger partial charge in [0.2, 0.25) is 5.91 Å². The molecule has 0 bridgehead atoms. The van der Waals surface area contributed by atoms with Crippen molar-refractivity contribution in [1.82, 2.24) is 29.7 Å². The van der Waals surface area contributed by atoms with Crippen LogP contribution in [0.15, 0.2) is 42.6 Å². The van der Waals surface area contributed by atoms with Crippen LogP contribution in [0.2, 0.25) is 5.02 Å². The molecule has 236 valence electrons. The van der Waals surface area contributed by atoms with Crippen LogP contribution in [0.25, 0.3) is 0 Å². The summed E-state index contributed by atoms with van der Waals surface area (Å²) in [7, 11) is 3.77. The Kier molecular flexibility index (Phi) is 9.17. The number of hydrogen-bond donors (Lipinski definition) is 0. The van der Waals surface area contributed by atoms with E-state index in [-0.39, 0.29) is 36.9 Å². The fourth-order valence-corrected chi connectivity index (χ4v) is 6.02. The predicted molar refractivity (Wildman–Crippen MR) is 164 cm³/mol. The zero-order valence-electron chi connectivity index (χ0n) is 26.1. The SMILES string of the molecule is Cc1cc(Oc2ccc(CN(C)C(=O)[C@H]3CC(n4cc(C5CCCN5C)nn4)CN3C(=O)OC(C)(C)C)c(Cl)c2)ccc1F. The number of rotatable bonds is 7. The van der Waals surface area contributed by atoms with E-state index in [0.717, 1.165) is 25.1 Å². The molecule has 3 aromatic rings. The second kappa shape index (κ2) is 12.7. The van der Waals surface area contributed by atoms with Crippen molar-refractivity contribution < 1.29 is 23.5 Å². The van der Waals surface area contributed by atoms with E-state index in [1.165, 1.54) is 11.0 Å². The van der Waals surface area contributed by atoms with Gasteiger partial charge in [0, 0.05) is 31.6 Å². The molecule has 0 saturated carbocycles. The third-order valence-electron chi connectivity index (χ3n) is 8.13. The quantitative estimate of drug-likeness (QED) is 0.311. The minimum atomic E-state index is -0.746. The van der Waals surface area contributed by atoms with Gasteiger partial charge in [0.15, 0.2) is 0 Å². The molecule has 2 amide bonds. The van der Waals surface area contributed by atoms with Crippen LogP contribution in [0.1, 0.15) is 68.9 Å². The van der Waals surface area contributed by atoms with Gasteiger partial charge in [0.05, 0.1) is 24.0 Å². The van der Waals surface area contributed by atoms with E-state index in [0.29, 0.717) is 34.1 Å². The Morgan fingerprint density at radius 3 is 2.55 bits per heavy atom. The fourth-order valence-electron chi connectivity index (χ4n) is 5.79. The molecule has 2 saturated heterocycles. The molecule has 0 N–H and O–H groups in total. The van der Waals surface area contributed by atoms with Gasteiger partial charge in [-0.1, -0.05) is 22.9 Å². The third kappa shape index (κ3) is 7.15. The van der Waals surface area contributed by atoms with Crippen LogP contribution in [0.3, 0.4) is 0 Å². The van der Waals surface area contributed by atoms with Gasteiger partial charge in [-0.2, -0.15) is 0 Å². The van der Waals surface area contributed by atoms with E-state index in [2.05, 4.69) is 22.3 Å². The Labute approximate surface area is 262 Å². The number of aryl methyl sites for hydroxylation is 1. The number of likely N-dealkylation sites (N-methyl/N-ethyl adjacent to an activating group) is 1. The van der Waals surface area contributed by atoms with Gasteiger partial charge in [0.25, 0.3) is 0 Å². The summed E-state index contributed by atoms with van der Waals surface area (Å²) in [6, 6.07) is 8.97. The summed E-state index contributed by atoms with van der Waals surface area (Å²) in [5, 5.41) is 9.25. The number of hydrogen-bond acceptors (Lipinski definition) is 7. The standard InChI is InChI=1S/C32H40ClFN6O4/c1-20-14-23(11-12-26(20)34)43-24-10-9-21(25(33)16-24)17-38(6)30(41)29-15-22(18-39(29)31(42)44-32(2,3)4)40-19-27(35-36-40)28-8-7-13-37(28)5/h9-12,14,16,19,22,28-29H,7-8,13,15,17-18H2,1-6H3/t22?,28?,29-/m1/s1. The molecule has 0 aliphatic carbocycles. The van der Waals surface area contributed by atoms with Crippen molar-refractivity contribution in [2.75, 3.05) is 27.2 Å². The predicted octanol–water partition coefficient (Wildman–Crippen LogP) is 6.15. The fraction of sp³-hybridized carbons (Fsp3) is 0.500. The zero-order chi connectivity index (χ0) is 31.8. The molecular formula is C32H40ClFN6O4. The molecule has 2 fully saturated rings. The number of likely N-dealkylation sites (tertiary alicyclic amines) is 2. The topological polar surface area (TPSA) is 93.0 Å². The first-order chi connectivity index (χ1) is 20.8. The third-order valence-corrected chi connectivity index (χ3v) is 8.48. The molecule has 2 aliphatic heterocycles. The Bertz CT molecular complexity index is 1520. The molecule has 3 heterocycles. The minimum absolute atomic E-state index is 0.219. The molecule has 44 heavy (non-hydrogen) atoms. The van der Waals surface area contributed by atoms with E-state index >= 15 is 0 Å². The normalized spacial score (nSPS) is 20.6. The first-order valence-electron chi connectivity index (χ1n) is 14.9. The minimum Gasteiger partial charge on any atom is -0.457 e. The van der Waals surface area contributed by atoms with Crippen molar-refractivity contribution in [3.8, 4) is 11.5 Å². The number of benzene rings is 2. The molecular weight excluding hydrogens is 587 g/mol. The highest BCUT2D eigenvalue weighted by atomic mass is 35.5. The summed E-state index contributed by atoms with van der Waals surface area (Å²) >= 11 is 6.60. The monoisotopic (exact) mass is 626 g/mol. The molecule has 1 aromatic heterocycles. The second-order valence-electron chi connectivity index (χ2n) is 12.8. The van der Waals surface area contributed by atoms with E-state index in [1.54, 1.807) is 74.7 Å². The Balaban J connectivity index is 1.30. The summed E-state index contributed by atoms with van der Waals surface area (Å²) in [6.07, 6.45) is 3.91. The van der Waals surface area contributed by atoms with Gasteiger partial charge < -0.3 is 14.4 Å². The zero-order valence-corrected chi connectivity index (χ0v) is 26.8. The van der Waals surface area contributed by atoms with Crippen LogP contribution >= 0.6 is 11.6 Å². The van der Waals surface area contributed by atoms with Gasteiger partial charge in [-0.25, -0.2) is 13.9 Å². The number of nitrogens with zero attached hydrogens (tertiary/aromatic N) is 6. The molecule has 5 rings (SSSR count). The number of halogens is 2. The van der Waals surface area contributed by atoms with E-state index in [9.17, 15) is 14.0 Å². The van der Waals surface area contributed by atoms with E-state index in [4.69, 9.17) is 21.1 Å². The first-order valence-corrected chi connectivity index (χ1v) is 15.3. The lowest BCUT2D eigenvalue weighted by Crippen LogP contribution is -2.47. The van der Waals surface area contributed by atoms with Crippen molar-refractivity contribution in [3.63, 3.8) is 0 Å². The molecule has 0 spiro atoms. The molecule has 2 unspecified atom stereocenters. The lowest BCUT2D eigenvalue weighted by molar-refractivity contribution is -0.135. The summed E-state index contributed by atoms with van der Waals surface area (Å²) in [5.74, 6) is 0.449. The summed E-state index contributed by atoms with van der Waals surface area (Å²) in [6.45, 7) is 8.59. The number of ether oxygens (including phenoxy) is 2. The summed E-state index contributed by atoms with van der Waals surface area (Å²) in [5.41, 5.74) is 1.37.